The molecule has 1 N–H and O–H groups in total. The Hall–Kier alpha value is -2.24. The van der Waals surface area contributed by atoms with Crippen LogP contribution < -0.4 is 9.47 Å². The number of hydrogen-bond donors (Lipinski definition) is 1. The molecule has 0 amide bonds. The zero-order valence-electron chi connectivity index (χ0n) is 16.6. The third kappa shape index (κ3) is 4.21. The number of carbonyl (C=O) groups is 1. The molecule has 0 bridgehead atoms. The highest BCUT2D eigenvalue weighted by atomic mass is 35.5. The Labute approximate surface area is 176 Å². The van der Waals surface area contributed by atoms with Gasteiger partial charge in [0, 0.05) is 28.1 Å². The predicted octanol–water partition coefficient (Wildman–Crippen LogP) is 4.43. The number of piperidine rings is 1. The minimum absolute atomic E-state index is 0.00522. The number of likely N-dealkylation sites (tertiary alicyclic amines) is 1. The van der Waals surface area contributed by atoms with E-state index in [9.17, 15) is 4.79 Å². The van der Waals surface area contributed by atoms with Gasteiger partial charge in [-0.2, -0.15) is 0 Å². The number of hydrogen-bond acceptors (Lipinski definition) is 4. The molecule has 1 fully saturated rings. The second kappa shape index (κ2) is 8.25. The smallest absolute Gasteiger partial charge is 0.304 e. The lowest BCUT2D eigenvalue weighted by Crippen LogP contribution is -2.44. The third-order valence-electron chi connectivity index (χ3n) is 6.22. The van der Waals surface area contributed by atoms with Crippen molar-refractivity contribution >= 4 is 17.6 Å². The molecule has 0 aliphatic carbocycles. The molecule has 2 heterocycles. The summed E-state index contributed by atoms with van der Waals surface area (Å²) in [6, 6.07) is 11.9. The van der Waals surface area contributed by atoms with Crippen molar-refractivity contribution < 1.29 is 19.4 Å². The lowest BCUT2D eigenvalue weighted by atomic mass is 9.74. The first-order valence-corrected chi connectivity index (χ1v) is 10.4. The zero-order chi connectivity index (χ0) is 20.4. The van der Waals surface area contributed by atoms with Gasteiger partial charge in [-0.3, -0.25) is 4.79 Å². The molecular formula is C23H26ClNO4. The summed E-state index contributed by atoms with van der Waals surface area (Å²) in [4.78, 5) is 13.1. The quantitative estimate of drug-likeness (QED) is 0.756. The molecule has 2 aromatic rings. The molecule has 2 aromatic carbocycles. The van der Waals surface area contributed by atoms with Crippen LogP contribution in [-0.2, 0) is 16.8 Å². The van der Waals surface area contributed by atoms with Gasteiger partial charge in [-0.15, -0.1) is 0 Å². The molecule has 0 unspecified atom stereocenters. The van der Waals surface area contributed by atoms with Crippen LogP contribution in [0.1, 0.15) is 36.0 Å². The number of ether oxygens (including phenoxy) is 2. The first kappa shape index (κ1) is 20.0. The summed E-state index contributed by atoms with van der Waals surface area (Å²) in [6.07, 6.45) is 2.12. The van der Waals surface area contributed by atoms with E-state index in [1.165, 1.54) is 5.56 Å². The van der Waals surface area contributed by atoms with Gasteiger partial charge in [0.2, 0.25) is 0 Å². The molecule has 1 spiro atoms. The van der Waals surface area contributed by atoms with E-state index < -0.39 is 5.97 Å². The van der Waals surface area contributed by atoms with Gasteiger partial charge in [0.15, 0.2) is 0 Å². The third-order valence-corrected chi connectivity index (χ3v) is 6.57. The Morgan fingerprint density at radius 3 is 2.79 bits per heavy atom. The summed E-state index contributed by atoms with van der Waals surface area (Å²) in [5.74, 6) is 1.02. The van der Waals surface area contributed by atoms with Gasteiger partial charge in [0.25, 0.3) is 0 Å². The summed E-state index contributed by atoms with van der Waals surface area (Å²) in [5, 5.41) is 9.63. The van der Waals surface area contributed by atoms with Crippen molar-refractivity contribution in [2.75, 3.05) is 26.2 Å². The van der Waals surface area contributed by atoms with E-state index >= 15 is 0 Å². The highest BCUT2D eigenvalue weighted by Crippen LogP contribution is 2.46. The molecule has 0 atom stereocenters. The minimum Gasteiger partial charge on any atom is -0.492 e. The van der Waals surface area contributed by atoms with Crippen molar-refractivity contribution in [1.82, 2.24) is 4.90 Å². The topological polar surface area (TPSA) is 59.0 Å². The van der Waals surface area contributed by atoms with E-state index in [4.69, 9.17) is 26.2 Å². The summed E-state index contributed by atoms with van der Waals surface area (Å²) in [5.41, 5.74) is 3.33. The lowest BCUT2D eigenvalue weighted by Gasteiger charge is -2.38. The van der Waals surface area contributed by atoms with Crippen molar-refractivity contribution in [2.24, 2.45) is 0 Å². The summed E-state index contributed by atoms with van der Waals surface area (Å²) in [6.45, 7) is 5.54. The molecule has 2 aliphatic rings. The Bertz CT molecular complexity index is 885. The van der Waals surface area contributed by atoms with E-state index in [0.717, 1.165) is 53.6 Å². The van der Waals surface area contributed by atoms with Crippen LogP contribution in [0, 0.1) is 6.92 Å². The van der Waals surface area contributed by atoms with Crippen LogP contribution in [0.25, 0.3) is 0 Å². The van der Waals surface area contributed by atoms with Crippen molar-refractivity contribution in [2.45, 2.75) is 38.2 Å². The highest BCUT2D eigenvalue weighted by Gasteiger charge is 2.43. The molecule has 154 valence electrons. The molecule has 4 rings (SSSR count). The number of rotatable bonds is 6. The second-order valence-electron chi connectivity index (χ2n) is 8.04. The van der Waals surface area contributed by atoms with Crippen LogP contribution in [-0.4, -0.2) is 42.2 Å². The number of carboxylic acid groups (broad SMARTS) is 1. The maximum absolute atomic E-state index is 10.8. The van der Waals surface area contributed by atoms with Crippen LogP contribution in [0.3, 0.4) is 0 Å². The standard InChI is InChI=1S/C23H26ClNO4/c1-16-3-2-4-20(24)18(16)14-28-17-5-6-21-19(13-17)23(15-29-21)8-11-25(12-9-23)10-7-22(26)27/h2-6,13H,7-12,14-15H2,1H3,(H,26,27). The molecule has 0 radical (unpaired) electrons. The molecule has 5 nitrogen and oxygen atoms in total. The summed E-state index contributed by atoms with van der Waals surface area (Å²) in [7, 11) is 0. The second-order valence-corrected chi connectivity index (χ2v) is 8.44. The van der Waals surface area contributed by atoms with Gasteiger partial charge in [0.05, 0.1) is 13.0 Å². The van der Waals surface area contributed by atoms with Gasteiger partial charge in [-0.05, 0) is 62.7 Å². The Morgan fingerprint density at radius 2 is 2.07 bits per heavy atom. The van der Waals surface area contributed by atoms with Gasteiger partial charge in [-0.1, -0.05) is 23.7 Å². The van der Waals surface area contributed by atoms with E-state index in [1.54, 1.807) is 0 Å². The lowest BCUT2D eigenvalue weighted by molar-refractivity contribution is -0.137. The van der Waals surface area contributed by atoms with Crippen molar-refractivity contribution in [3.63, 3.8) is 0 Å². The number of aryl methyl sites for hydroxylation is 1. The average Bonchev–Trinajstić information content (AvgIpc) is 3.05. The molecular weight excluding hydrogens is 390 g/mol. The van der Waals surface area contributed by atoms with E-state index in [0.29, 0.717) is 19.8 Å². The van der Waals surface area contributed by atoms with E-state index in [-0.39, 0.29) is 11.8 Å². The number of halogens is 1. The SMILES string of the molecule is Cc1cccc(Cl)c1COc1ccc2c(c1)C1(CCN(CCC(=O)O)CC1)CO2. The largest absolute Gasteiger partial charge is 0.492 e. The Kier molecular flexibility index (Phi) is 5.70. The molecule has 0 aromatic heterocycles. The molecule has 2 aliphatic heterocycles. The zero-order valence-corrected chi connectivity index (χ0v) is 17.4. The number of fused-ring (bicyclic) bond motifs is 2. The monoisotopic (exact) mass is 415 g/mol. The Balaban J connectivity index is 1.45. The van der Waals surface area contributed by atoms with Crippen LogP contribution in [0.15, 0.2) is 36.4 Å². The first-order valence-electron chi connectivity index (χ1n) is 10.1. The van der Waals surface area contributed by atoms with Crippen molar-refractivity contribution in [3.8, 4) is 11.5 Å². The van der Waals surface area contributed by atoms with Crippen molar-refractivity contribution in [1.29, 1.82) is 0 Å². The summed E-state index contributed by atoms with van der Waals surface area (Å²) < 4.78 is 12.1. The normalized spacial score (nSPS) is 17.7. The van der Waals surface area contributed by atoms with Crippen LogP contribution >= 0.6 is 11.6 Å². The number of carboxylic acids is 1. The van der Waals surface area contributed by atoms with Gasteiger partial charge >= 0.3 is 5.97 Å². The molecule has 1 saturated heterocycles. The van der Waals surface area contributed by atoms with Crippen LogP contribution in [0.2, 0.25) is 5.02 Å². The van der Waals surface area contributed by atoms with Gasteiger partial charge in [-0.25, -0.2) is 0 Å². The molecule has 0 saturated carbocycles. The number of nitrogens with zero attached hydrogens (tertiary/aromatic N) is 1. The fourth-order valence-corrected chi connectivity index (χ4v) is 4.59. The Morgan fingerprint density at radius 1 is 1.28 bits per heavy atom. The fourth-order valence-electron chi connectivity index (χ4n) is 4.31. The fraction of sp³-hybridized carbons (Fsp3) is 0.435. The maximum Gasteiger partial charge on any atom is 0.304 e. The summed E-state index contributed by atoms with van der Waals surface area (Å²) >= 11 is 6.32. The molecule has 29 heavy (non-hydrogen) atoms. The van der Waals surface area contributed by atoms with Gasteiger partial charge < -0.3 is 19.5 Å². The average molecular weight is 416 g/mol. The van der Waals surface area contributed by atoms with E-state index in [2.05, 4.69) is 11.0 Å². The van der Waals surface area contributed by atoms with Crippen LogP contribution in [0.5, 0.6) is 11.5 Å². The van der Waals surface area contributed by atoms with E-state index in [1.807, 2.05) is 37.3 Å². The first-order chi connectivity index (χ1) is 14.0. The number of aliphatic carboxylic acids is 1. The minimum atomic E-state index is -0.740. The van der Waals surface area contributed by atoms with Crippen molar-refractivity contribution in [3.05, 3.63) is 58.1 Å². The highest BCUT2D eigenvalue weighted by molar-refractivity contribution is 6.31. The van der Waals surface area contributed by atoms with Crippen LogP contribution in [0.4, 0.5) is 0 Å². The van der Waals surface area contributed by atoms with Gasteiger partial charge in [0.1, 0.15) is 18.1 Å². The molecule has 6 heteroatoms. The maximum atomic E-state index is 10.8. The predicted molar refractivity (Wildman–Crippen MR) is 112 cm³/mol. The number of benzene rings is 2.